The lowest BCUT2D eigenvalue weighted by atomic mass is 10.2. The zero-order valence-corrected chi connectivity index (χ0v) is 19.4. The molecule has 8 nitrogen and oxygen atoms in total. The van der Waals surface area contributed by atoms with Crippen molar-refractivity contribution >= 4 is 45.8 Å². The van der Waals surface area contributed by atoms with Crippen LogP contribution in [0.2, 0.25) is 0 Å². The topological polar surface area (TPSA) is 95.1 Å². The van der Waals surface area contributed by atoms with Gasteiger partial charge in [0, 0.05) is 45.5 Å². The van der Waals surface area contributed by atoms with Crippen LogP contribution in [0.5, 0.6) is 0 Å². The van der Waals surface area contributed by atoms with Gasteiger partial charge in [-0.1, -0.05) is 18.9 Å². The molecule has 3 rings (SSSR count). The fraction of sp³-hybridized carbons (Fsp3) is 0.667. The number of hydrogen-bond donors (Lipinski definition) is 1. The zero-order valence-electron chi connectivity index (χ0n) is 16.2. The van der Waals surface area contributed by atoms with E-state index < -0.39 is 10.0 Å². The summed E-state index contributed by atoms with van der Waals surface area (Å²) in [6, 6.07) is 5.77. The van der Waals surface area contributed by atoms with Crippen LogP contribution in [-0.2, 0) is 10.0 Å². The van der Waals surface area contributed by atoms with Crippen molar-refractivity contribution in [2.75, 3.05) is 56.5 Å². The highest BCUT2D eigenvalue weighted by Gasteiger charge is 2.27. The Morgan fingerprint density at radius 1 is 1.04 bits per heavy atom. The van der Waals surface area contributed by atoms with E-state index in [0.717, 1.165) is 31.7 Å². The summed E-state index contributed by atoms with van der Waals surface area (Å²) in [5, 5.41) is 0. The highest BCUT2D eigenvalue weighted by molar-refractivity contribution is 14.0. The van der Waals surface area contributed by atoms with E-state index in [1.165, 1.54) is 12.8 Å². The van der Waals surface area contributed by atoms with E-state index in [-0.39, 0.29) is 36.3 Å². The van der Waals surface area contributed by atoms with Crippen molar-refractivity contribution in [3.8, 4) is 0 Å². The highest BCUT2D eigenvalue weighted by Crippen LogP contribution is 2.15. The molecule has 0 atom stereocenters. The summed E-state index contributed by atoms with van der Waals surface area (Å²) >= 11 is 0. The summed E-state index contributed by atoms with van der Waals surface area (Å²) in [4.78, 5) is 12.8. The van der Waals surface area contributed by atoms with Crippen LogP contribution in [0.15, 0.2) is 29.4 Å². The molecule has 2 N–H and O–H groups in total. The molecule has 2 fully saturated rings. The van der Waals surface area contributed by atoms with Crippen LogP contribution in [-0.4, -0.2) is 80.1 Å². The Hall–Kier alpha value is -1.14. The Balaban J connectivity index is 0.00000280. The van der Waals surface area contributed by atoms with Crippen LogP contribution in [0.25, 0.3) is 0 Å². The molecule has 0 aromatic carbocycles. The number of guanidine groups is 1. The smallest absolute Gasteiger partial charge is 0.216 e. The van der Waals surface area contributed by atoms with Crippen molar-refractivity contribution in [1.82, 2.24) is 14.2 Å². The fourth-order valence-corrected chi connectivity index (χ4v) is 4.84. The van der Waals surface area contributed by atoms with E-state index in [4.69, 9.17) is 5.73 Å². The number of rotatable bonds is 5. The third kappa shape index (κ3) is 6.45. The summed E-state index contributed by atoms with van der Waals surface area (Å²) < 4.78 is 26.8. The van der Waals surface area contributed by atoms with Gasteiger partial charge in [0.25, 0.3) is 0 Å². The van der Waals surface area contributed by atoms with Gasteiger partial charge in [-0.05, 0) is 25.0 Å². The molecule has 28 heavy (non-hydrogen) atoms. The number of hydrogen-bond acceptors (Lipinski definition) is 5. The van der Waals surface area contributed by atoms with Gasteiger partial charge in [0.15, 0.2) is 5.96 Å². The third-order valence-corrected chi connectivity index (χ3v) is 7.01. The van der Waals surface area contributed by atoms with Crippen molar-refractivity contribution in [3.63, 3.8) is 0 Å². The maximum Gasteiger partial charge on any atom is 0.216 e. The molecule has 3 heterocycles. The van der Waals surface area contributed by atoms with E-state index in [0.29, 0.717) is 32.1 Å². The van der Waals surface area contributed by atoms with Gasteiger partial charge in [0.1, 0.15) is 5.82 Å². The Labute approximate surface area is 185 Å². The summed E-state index contributed by atoms with van der Waals surface area (Å²) in [6.07, 6.45) is 6.45. The number of pyridine rings is 1. The van der Waals surface area contributed by atoms with Crippen molar-refractivity contribution in [2.24, 2.45) is 10.7 Å². The molecule has 1 aromatic rings. The standard InChI is InChI=1S/C18H30N6O2S.HI/c19-18(23-10-5-1-2-6-11-23)21-9-16-27(25,26)24-14-12-22(13-15-24)17-7-3-4-8-20-17;/h3-4,7-8H,1-2,5-6,9-16H2,(H2,19,21);1H. The van der Waals surface area contributed by atoms with Gasteiger partial charge in [-0.3, -0.25) is 4.99 Å². The molecule has 0 aliphatic carbocycles. The Bertz CT molecular complexity index is 715. The third-order valence-electron chi connectivity index (χ3n) is 5.16. The molecule has 1 aromatic heterocycles. The first kappa shape index (κ1) is 23.1. The van der Waals surface area contributed by atoms with Crippen LogP contribution < -0.4 is 10.6 Å². The molecular weight excluding hydrogens is 491 g/mol. The molecule has 2 saturated heterocycles. The number of sulfonamides is 1. The minimum atomic E-state index is -3.32. The Kier molecular flexibility index (Phi) is 9.22. The van der Waals surface area contributed by atoms with Crippen LogP contribution in [0, 0.1) is 0 Å². The van der Waals surface area contributed by atoms with Crippen LogP contribution >= 0.6 is 24.0 Å². The predicted octanol–water partition coefficient (Wildman–Crippen LogP) is 1.34. The van der Waals surface area contributed by atoms with Gasteiger partial charge in [0.05, 0.1) is 12.3 Å². The van der Waals surface area contributed by atoms with Crippen LogP contribution in [0.1, 0.15) is 25.7 Å². The number of likely N-dealkylation sites (tertiary alicyclic amines) is 1. The van der Waals surface area contributed by atoms with Crippen molar-refractivity contribution in [1.29, 1.82) is 0 Å². The first-order valence-electron chi connectivity index (χ1n) is 9.75. The SMILES string of the molecule is I.NC(=NCCS(=O)(=O)N1CCN(c2ccccn2)CC1)N1CCCCCC1. The van der Waals surface area contributed by atoms with Crippen molar-refractivity contribution in [3.05, 3.63) is 24.4 Å². The van der Waals surface area contributed by atoms with Crippen LogP contribution in [0.3, 0.4) is 0 Å². The molecular formula is C18H31IN6O2S. The number of nitrogens with zero attached hydrogens (tertiary/aromatic N) is 5. The minimum absolute atomic E-state index is 0. The van der Waals surface area contributed by atoms with E-state index in [9.17, 15) is 8.42 Å². The van der Waals surface area contributed by atoms with Gasteiger partial charge in [-0.2, -0.15) is 4.31 Å². The zero-order chi connectivity index (χ0) is 19.1. The molecule has 0 radical (unpaired) electrons. The van der Waals surface area contributed by atoms with Gasteiger partial charge in [-0.25, -0.2) is 13.4 Å². The van der Waals surface area contributed by atoms with E-state index >= 15 is 0 Å². The second kappa shape index (κ2) is 11.1. The van der Waals surface area contributed by atoms with Gasteiger partial charge >= 0.3 is 0 Å². The molecule has 0 spiro atoms. The number of nitrogens with two attached hydrogens (primary N) is 1. The number of anilines is 1. The maximum atomic E-state index is 12.6. The summed E-state index contributed by atoms with van der Waals surface area (Å²) in [5.74, 6) is 1.38. The van der Waals surface area contributed by atoms with E-state index in [1.54, 1.807) is 10.5 Å². The molecule has 0 bridgehead atoms. The first-order chi connectivity index (χ1) is 13.1. The molecule has 0 amide bonds. The van der Waals surface area contributed by atoms with Gasteiger partial charge in [-0.15, -0.1) is 24.0 Å². The number of aliphatic imine (C=N–C) groups is 1. The second-order valence-corrected chi connectivity index (χ2v) is 9.12. The first-order valence-corrected chi connectivity index (χ1v) is 11.4. The van der Waals surface area contributed by atoms with Gasteiger partial charge in [0.2, 0.25) is 10.0 Å². The molecule has 2 aliphatic rings. The second-order valence-electron chi connectivity index (χ2n) is 7.03. The van der Waals surface area contributed by atoms with E-state index in [1.807, 2.05) is 18.2 Å². The largest absolute Gasteiger partial charge is 0.370 e. The summed E-state index contributed by atoms with van der Waals surface area (Å²) in [6.45, 7) is 4.29. The van der Waals surface area contributed by atoms with Crippen LogP contribution in [0.4, 0.5) is 5.82 Å². The lowest BCUT2D eigenvalue weighted by Gasteiger charge is -2.34. The van der Waals surface area contributed by atoms with Crippen molar-refractivity contribution in [2.45, 2.75) is 25.7 Å². The quantitative estimate of drug-likeness (QED) is 0.357. The number of halogens is 1. The van der Waals surface area contributed by atoms with Gasteiger partial charge < -0.3 is 15.5 Å². The van der Waals surface area contributed by atoms with E-state index in [2.05, 4.69) is 19.8 Å². The highest BCUT2D eigenvalue weighted by atomic mass is 127. The average molecular weight is 522 g/mol. The summed E-state index contributed by atoms with van der Waals surface area (Å²) in [5.41, 5.74) is 6.06. The summed E-state index contributed by atoms with van der Waals surface area (Å²) in [7, 11) is -3.32. The monoisotopic (exact) mass is 522 g/mol. The Morgan fingerprint density at radius 3 is 2.32 bits per heavy atom. The predicted molar refractivity (Wildman–Crippen MR) is 124 cm³/mol. The maximum absolute atomic E-state index is 12.6. The van der Waals surface area contributed by atoms with Crippen molar-refractivity contribution < 1.29 is 8.42 Å². The number of piperazine rings is 1. The normalized spacial score (nSPS) is 19.8. The average Bonchev–Trinajstić information content (AvgIpc) is 2.98. The molecule has 0 saturated carbocycles. The fourth-order valence-electron chi connectivity index (χ4n) is 3.54. The molecule has 0 unspecified atom stereocenters. The molecule has 158 valence electrons. The minimum Gasteiger partial charge on any atom is -0.370 e. The lowest BCUT2D eigenvalue weighted by Crippen LogP contribution is -2.49. The molecule has 2 aliphatic heterocycles. The molecule has 10 heteroatoms. The lowest BCUT2D eigenvalue weighted by molar-refractivity contribution is 0.384. The number of aromatic nitrogens is 1. The Morgan fingerprint density at radius 2 is 1.71 bits per heavy atom.